The molecular weight excluding hydrogens is 270 g/mol. The molecule has 0 bridgehead atoms. The van der Waals surface area contributed by atoms with E-state index in [0.717, 1.165) is 10.4 Å². The molecule has 0 atom stereocenters. The first kappa shape index (κ1) is 13.2. The number of aromatic nitrogens is 2. The fourth-order valence-corrected chi connectivity index (χ4v) is 2.56. The van der Waals surface area contributed by atoms with E-state index >= 15 is 0 Å². The van der Waals surface area contributed by atoms with Crippen molar-refractivity contribution in [1.29, 1.82) is 0 Å². The molecule has 0 aliphatic carbocycles. The molecule has 0 aliphatic heterocycles. The zero-order chi connectivity index (χ0) is 14.0. The number of hydrogen-bond acceptors (Lipinski definition) is 6. The molecule has 2 rings (SSSR count). The molecule has 2 heterocycles. The summed E-state index contributed by atoms with van der Waals surface area (Å²) < 4.78 is 6.26. The lowest BCUT2D eigenvalue weighted by Crippen LogP contribution is -1.98. The standard InChI is InChI=1S/C11H11N3O4S/c1-7-8(3-9(19-7)11(15)18-2)4-13-5-10(12-6-13)14(16)17/h3,5-6H,4H2,1-2H3. The molecule has 0 amide bonds. The van der Waals surface area contributed by atoms with Gasteiger partial charge in [-0.05, 0) is 28.5 Å². The number of carbonyl (C=O) groups is 1. The molecule has 8 heteroatoms. The van der Waals surface area contributed by atoms with Crippen LogP contribution in [0.2, 0.25) is 0 Å². The van der Waals surface area contributed by atoms with E-state index < -0.39 is 4.92 Å². The van der Waals surface area contributed by atoms with Gasteiger partial charge in [-0.15, -0.1) is 11.3 Å². The summed E-state index contributed by atoms with van der Waals surface area (Å²) in [5.41, 5.74) is 0.915. The number of thiophene rings is 1. The Labute approximate surface area is 112 Å². The van der Waals surface area contributed by atoms with Gasteiger partial charge < -0.3 is 19.4 Å². The Morgan fingerprint density at radius 1 is 1.63 bits per heavy atom. The minimum atomic E-state index is -0.545. The fraction of sp³-hybridized carbons (Fsp3) is 0.273. The molecule has 0 unspecified atom stereocenters. The predicted octanol–water partition coefficient (Wildman–Crippen LogP) is 2.00. The third kappa shape index (κ3) is 2.79. The second-order valence-corrected chi connectivity index (χ2v) is 5.10. The number of nitrogens with zero attached hydrogens (tertiary/aromatic N) is 3. The fourth-order valence-electron chi connectivity index (χ4n) is 1.60. The predicted molar refractivity (Wildman–Crippen MR) is 68.4 cm³/mol. The van der Waals surface area contributed by atoms with E-state index in [-0.39, 0.29) is 11.8 Å². The molecule has 0 aromatic carbocycles. The molecule has 2 aromatic rings. The molecule has 100 valence electrons. The van der Waals surface area contributed by atoms with Crippen LogP contribution in [0.1, 0.15) is 20.1 Å². The van der Waals surface area contributed by atoms with Crippen LogP contribution in [0, 0.1) is 17.0 Å². The quantitative estimate of drug-likeness (QED) is 0.486. The van der Waals surface area contributed by atoms with Gasteiger partial charge in [0.05, 0.1) is 13.7 Å². The molecular formula is C11H11N3O4S. The number of hydrogen-bond donors (Lipinski definition) is 0. The van der Waals surface area contributed by atoms with Crippen LogP contribution in [0.4, 0.5) is 5.82 Å². The van der Waals surface area contributed by atoms with E-state index in [9.17, 15) is 14.9 Å². The van der Waals surface area contributed by atoms with Gasteiger partial charge in [0.1, 0.15) is 11.1 Å². The van der Waals surface area contributed by atoms with Crippen molar-refractivity contribution >= 4 is 23.1 Å². The van der Waals surface area contributed by atoms with Crippen molar-refractivity contribution in [3.8, 4) is 0 Å². The average Bonchev–Trinajstić information content (AvgIpc) is 2.97. The highest BCUT2D eigenvalue weighted by Crippen LogP contribution is 2.23. The number of methoxy groups -OCH3 is 1. The monoisotopic (exact) mass is 281 g/mol. The van der Waals surface area contributed by atoms with E-state index in [1.54, 1.807) is 10.6 Å². The van der Waals surface area contributed by atoms with Crippen LogP contribution < -0.4 is 0 Å². The SMILES string of the molecule is COC(=O)c1cc(Cn2cnc([N+](=O)[O-])c2)c(C)s1. The van der Waals surface area contributed by atoms with Crippen LogP contribution in [0.3, 0.4) is 0 Å². The Balaban J connectivity index is 2.20. The molecule has 7 nitrogen and oxygen atoms in total. The molecule has 0 aliphatic rings. The van der Waals surface area contributed by atoms with Gasteiger partial charge in [0.2, 0.25) is 6.33 Å². The number of carbonyl (C=O) groups excluding carboxylic acids is 1. The Hall–Kier alpha value is -2.22. The van der Waals surface area contributed by atoms with Gasteiger partial charge in [0.25, 0.3) is 0 Å². The summed E-state index contributed by atoms with van der Waals surface area (Å²) in [6.07, 6.45) is 2.75. The Morgan fingerprint density at radius 2 is 2.37 bits per heavy atom. The normalized spacial score (nSPS) is 10.4. The summed E-state index contributed by atoms with van der Waals surface area (Å²) in [5.74, 6) is -0.572. The van der Waals surface area contributed by atoms with Crippen LogP contribution in [-0.2, 0) is 11.3 Å². The van der Waals surface area contributed by atoms with Crippen molar-refractivity contribution in [3.05, 3.63) is 44.0 Å². The maximum absolute atomic E-state index is 11.4. The zero-order valence-electron chi connectivity index (χ0n) is 10.3. The van der Waals surface area contributed by atoms with Crippen molar-refractivity contribution in [1.82, 2.24) is 9.55 Å². The lowest BCUT2D eigenvalue weighted by Gasteiger charge is -1.98. The van der Waals surface area contributed by atoms with Crippen LogP contribution >= 0.6 is 11.3 Å². The average molecular weight is 281 g/mol. The lowest BCUT2D eigenvalue weighted by molar-refractivity contribution is -0.389. The van der Waals surface area contributed by atoms with Gasteiger partial charge in [-0.25, -0.2) is 4.79 Å². The van der Waals surface area contributed by atoms with Crippen molar-refractivity contribution in [2.75, 3.05) is 7.11 Å². The summed E-state index contributed by atoms with van der Waals surface area (Å²) in [4.78, 5) is 26.6. The number of aryl methyl sites for hydroxylation is 1. The summed E-state index contributed by atoms with van der Waals surface area (Å²) in [5, 5.41) is 10.5. The van der Waals surface area contributed by atoms with E-state index in [1.165, 1.54) is 31.0 Å². The smallest absolute Gasteiger partial charge is 0.381 e. The highest BCUT2D eigenvalue weighted by atomic mass is 32.1. The second kappa shape index (κ2) is 5.19. The Morgan fingerprint density at radius 3 is 2.95 bits per heavy atom. The van der Waals surface area contributed by atoms with Crippen LogP contribution in [-0.4, -0.2) is 27.6 Å². The summed E-state index contributed by atoms with van der Waals surface area (Å²) in [7, 11) is 1.33. The first-order valence-corrected chi connectivity index (χ1v) is 6.16. The largest absolute Gasteiger partial charge is 0.465 e. The topological polar surface area (TPSA) is 87.3 Å². The van der Waals surface area contributed by atoms with Crippen LogP contribution in [0.15, 0.2) is 18.6 Å². The summed E-state index contributed by atoms with van der Waals surface area (Å²) in [6, 6.07) is 1.73. The second-order valence-electron chi connectivity index (χ2n) is 3.84. The van der Waals surface area contributed by atoms with Crippen LogP contribution in [0.5, 0.6) is 0 Å². The molecule has 0 saturated carbocycles. The van der Waals surface area contributed by atoms with E-state index in [0.29, 0.717) is 11.4 Å². The molecule has 2 aromatic heterocycles. The van der Waals surface area contributed by atoms with Gasteiger partial charge in [0, 0.05) is 4.88 Å². The van der Waals surface area contributed by atoms with Crippen molar-refractivity contribution in [2.45, 2.75) is 13.5 Å². The molecule has 0 fully saturated rings. The summed E-state index contributed by atoms with van der Waals surface area (Å²) >= 11 is 1.34. The Kier molecular flexibility index (Phi) is 3.61. The van der Waals surface area contributed by atoms with Crippen molar-refractivity contribution in [3.63, 3.8) is 0 Å². The molecule has 0 saturated heterocycles. The summed E-state index contributed by atoms with van der Waals surface area (Å²) in [6.45, 7) is 2.32. The zero-order valence-corrected chi connectivity index (χ0v) is 11.1. The van der Waals surface area contributed by atoms with E-state index in [4.69, 9.17) is 0 Å². The van der Waals surface area contributed by atoms with E-state index in [1.807, 2.05) is 6.92 Å². The van der Waals surface area contributed by atoms with Crippen molar-refractivity contribution < 1.29 is 14.5 Å². The minimum absolute atomic E-state index is 0.193. The number of esters is 1. The number of nitro groups is 1. The van der Waals surface area contributed by atoms with Gasteiger partial charge in [-0.2, -0.15) is 0 Å². The third-order valence-corrected chi connectivity index (χ3v) is 3.64. The van der Waals surface area contributed by atoms with Gasteiger partial charge >= 0.3 is 11.8 Å². The Bertz CT molecular complexity index is 632. The lowest BCUT2D eigenvalue weighted by atomic mass is 10.2. The first-order chi connectivity index (χ1) is 9.01. The van der Waals surface area contributed by atoms with E-state index in [2.05, 4.69) is 9.72 Å². The van der Waals surface area contributed by atoms with Crippen LogP contribution in [0.25, 0.3) is 0 Å². The number of imidazole rings is 1. The maximum atomic E-state index is 11.4. The number of rotatable bonds is 4. The molecule has 0 radical (unpaired) electrons. The van der Waals surface area contributed by atoms with Gasteiger partial charge in [-0.3, -0.25) is 0 Å². The highest BCUT2D eigenvalue weighted by molar-refractivity contribution is 7.14. The van der Waals surface area contributed by atoms with Crippen molar-refractivity contribution in [2.24, 2.45) is 0 Å². The highest BCUT2D eigenvalue weighted by Gasteiger charge is 2.15. The molecule has 0 N–H and O–H groups in total. The maximum Gasteiger partial charge on any atom is 0.381 e. The first-order valence-electron chi connectivity index (χ1n) is 5.35. The minimum Gasteiger partial charge on any atom is -0.465 e. The van der Waals surface area contributed by atoms with Gasteiger partial charge in [0.15, 0.2) is 0 Å². The number of ether oxygens (including phenoxy) is 1. The molecule has 19 heavy (non-hydrogen) atoms. The molecule has 0 spiro atoms. The third-order valence-electron chi connectivity index (χ3n) is 2.57. The van der Waals surface area contributed by atoms with Gasteiger partial charge in [-0.1, -0.05) is 0 Å².